The Morgan fingerprint density at radius 2 is 1.83 bits per heavy atom. The number of nitrogens with zero attached hydrogens (tertiary/aromatic N) is 4. The molecule has 3 heterocycles. The van der Waals surface area contributed by atoms with Crippen molar-refractivity contribution in [3.63, 3.8) is 0 Å². The van der Waals surface area contributed by atoms with E-state index in [4.69, 9.17) is 0 Å². The summed E-state index contributed by atoms with van der Waals surface area (Å²) in [6.07, 6.45) is 2.58. The molecule has 1 aromatic heterocycles. The van der Waals surface area contributed by atoms with Gasteiger partial charge < -0.3 is 15.1 Å². The van der Waals surface area contributed by atoms with Crippen LogP contribution in [0.4, 0.5) is 5.82 Å². The van der Waals surface area contributed by atoms with E-state index in [1.165, 1.54) is 19.6 Å². The lowest BCUT2D eigenvalue weighted by Crippen LogP contribution is -2.51. The topological polar surface area (TPSA) is 85.8 Å². The Balaban J connectivity index is 1.39. The largest absolute Gasteiger partial charge is 0.345 e. The molecule has 2 aromatic rings. The molecular weight excluding hydrogens is 569 g/mol. The Bertz CT molecular complexity index is 1160. The second-order valence-electron chi connectivity index (χ2n) is 10.0. The maximum absolute atomic E-state index is 13.3. The molecule has 2 saturated heterocycles. The number of hydrogen-bond donors (Lipinski definition) is 1. The van der Waals surface area contributed by atoms with Crippen molar-refractivity contribution in [1.29, 1.82) is 0 Å². The zero-order valence-electron chi connectivity index (χ0n) is 21.4. The van der Waals surface area contributed by atoms with Crippen LogP contribution in [0.2, 0.25) is 0 Å². The van der Waals surface area contributed by atoms with Gasteiger partial charge in [-0.15, -0.1) is 0 Å². The average molecular weight is 604 g/mol. The van der Waals surface area contributed by atoms with Crippen molar-refractivity contribution in [2.45, 2.75) is 58.2 Å². The van der Waals surface area contributed by atoms with Crippen LogP contribution >= 0.6 is 22.6 Å². The van der Waals surface area contributed by atoms with Crippen molar-refractivity contribution in [3.8, 4) is 0 Å². The van der Waals surface area contributed by atoms with Crippen LogP contribution in [-0.2, 0) is 16.1 Å². The summed E-state index contributed by atoms with van der Waals surface area (Å²) < 4.78 is 1.27. The van der Waals surface area contributed by atoms with E-state index in [-0.39, 0.29) is 23.8 Å². The number of nitrogens with one attached hydrogen (secondary N) is 1. The lowest BCUT2D eigenvalue weighted by Gasteiger charge is -2.39. The fourth-order valence-corrected chi connectivity index (χ4v) is 5.50. The van der Waals surface area contributed by atoms with E-state index in [1.807, 2.05) is 4.90 Å². The predicted octanol–water partition coefficient (Wildman–Crippen LogP) is 3.60. The minimum absolute atomic E-state index is 0.0440. The Morgan fingerprint density at radius 3 is 2.50 bits per heavy atom. The van der Waals surface area contributed by atoms with Crippen LogP contribution in [0.3, 0.4) is 0 Å². The number of carbonyl (C=O) groups is 3. The molecule has 4 rings (SSSR count). The highest BCUT2D eigenvalue weighted by Gasteiger charge is 2.41. The van der Waals surface area contributed by atoms with Crippen molar-refractivity contribution in [2.75, 3.05) is 32.5 Å². The molecule has 0 unspecified atom stereocenters. The molecule has 0 radical (unpaired) electrons. The van der Waals surface area contributed by atoms with Crippen LogP contribution < -0.4 is 5.32 Å². The zero-order valence-corrected chi connectivity index (χ0v) is 23.5. The molecule has 0 bridgehead atoms. The number of benzene rings is 1. The average Bonchev–Trinajstić information content (AvgIpc) is 3.22. The summed E-state index contributed by atoms with van der Waals surface area (Å²) in [6.45, 7) is 6.61. The molecule has 8 nitrogen and oxygen atoms in total. The van der Waals surface area contributed by atoms with Gasteiger partial charge in [0.15, 0.2) is 0 Å². The second kappa shape index (κ2) is 11.2. The van der Waals surface area contributed by atoms with E-state index in [1.54, 1.807) is 33.2 Å². The van der Waals surface area contributed by atoms with Gasteiger partial charge in [0.2, 0.25) is 11.8 Å². The molecular formula is C27H34IN5O3. The lowest BCUT2D eigenvalue weighted by molar-refractivity contribution is -0.136. The van der Waals surface area contributed by atoms with Gasteiger partial charge in [0.1, 0.15) is 11.9 Å². The first-order valence-corrected chi connectivity index (χ1v) is 13.5. The van der Waals surface area contributed by atoms with Crippen LogP contribution in [0.25, 0.3) is 0 Å². The van der Waals surface area contributed by atoms with Crippen LogP contribution in [0.1, 0.15) is 52.9 Å². The zero-order chi connectivity index (χ0) is 26.0. The van der Waals surface area contributed by atoms with Gasteiger partial charge in [-0.25, -0.2) is 4.98 Å². The fraction of sp³-hybridized carbons (Fsp3) is 0.481. The van der Waals surface area contributed by atoms with Crippen molar-refractivity contribution in [3.05, 3.63) is 56.3 Å². The molecule has 2 aliphatic heterocycles. The maximum atomic E-state index is 13.3. The van der Waals surface area contributed by atoms with Crippen molar-refractivity contribution >= 4 is 46.1 Å². The van der Waals surface area contributed by atoms with Gasteiger partial charge in [-0.1, -0.05) is 12.1 Å². The Morgan fingerprint density at radius 1 is 1.11 bits per heavy atom. The third-order valence-corrected chi connectivity index (χ3v) is 8.21. The molecule has 1 aromatic carbocycles. The number of carbonyl (C=O) groups excluding carboxylic acids is 3. The van der Waals surface area contributed by atoms with E-state index in [9.17, 15) is 14.4 Å². The number of aryl methyl sites for hydroxylation is 2. The summed E-state index contributed by atoms with van der Waals surface area (Å²) in [6, 6.07) is 9.43. The number of amides is 3. The van der Waals surface area contributed by atoms with Crippen LogP contribution in [0, 0.1) is 17.4 Å². The van der Waals surface area contributed by atoms with Crippen LogP contribution in [-0.4, -0.2) is 76.7 Å². The number of pyridine rings is 1. The van der Waals surface area contributed by atoms with Crippen molar-refractivity contribution < 1.29 is 14.4 Å². The SMILES string of the molecule is Cc1cc(C(=O)N(C)C)cc(NC(=O)[C@H]2CCC(=O)N2C2CCN(Cc3ccc(I)c(C)c3)CC2)n1. The minimum Gasteiger partial charge on any atom is -0.345 e. The monoisotopic (exact) mass is 603 g/mol. The molecule has 1 atom stereocenters. The highest BCUT2D eigenvalue weighted by molar-refractivity contribution is 14.1. The quantitative estimate of drug-likeness (QED) is 0.511. The summed E-state index contributed by atoms with van der Waals surface area (Å²) in [4.78, 5) is 48.6. The summed E-state index contributed by atoms with van der Waals surface area (Å²) in [7, 11) is 3.37. The smallest absolute Gasteiger partial charge is 0.253 e. The number of piperidine rings is 1. The third kappa shape index (κ3) is 6.05. The van der Waals surface area contributed by atoms with E-state index < -0.39 is 6.04 Å². The standard InChI is InChI=1S/C27H34IN5O3/c1-17-13-19(5-6-22(17)28)16-32-11-9-21(10-12-32)33-23(7-8-25(33)34)26(35)30-24-15-20(14-18(2)29-24)27(36)31(3)4/h5-6,13-15,21,23H,7-12,16H2,1-4H3,(H,29,30,35)/t23-/m1/s1. The lowest BCUT2D eigenvalue weighted by atomic mass is 10.0. The molecule has 36 heavy (non-hydrogen) atoms. The van der Waals surface area contributed by atoms with Gasteiger partial charge in [-0.2, -0.15) is 0 Å². The minimum atomic E-state index is -0.511. The molecule has 0 aliphatic carbocycles. The third-order valence-electron chi connectivity index (χ3n) is 6.99. The molecule has 0 saturated carbocycles. The first kappa shape index (κ1) is 26.5. The highest BCUT2D eigenvalue weighted by atomic mass is 127. The number of anilines is 1. The van der Waals surface area contributed by atoms with Gasteiger partial charge in [0.25, 0.3) is 5.91 Å². The molecule has 2 fully saturated rings. The van der Waals surface area contributed by atoms with Gasteiger partial charge in [-0.3, -0.25) is 19.3 Å². The molecule has 2 aliphatic rings. The first-order valence-electron chi connectivity index (χ1n) is 12.4. The highest BCUT2D eigenvalue weighted by Crippen LogP contribution is 2.29. The number of hydrogen-bond acceptors (Lipinski definition) is 5. The van der Waals surface area contributed by atoms with Crippen molar-refractivity contribution in [1.82, 2.24) is 19.7 Å². The normalized spacial score (nSPS) is 19.0. The summed E-state index contributed by atoms with van der Waals surface area (Å²) >= 11 is 2.36. The second-order valence-corrected chi connectivity index (χ2v) is 11.2. The maximum Gasteiger partial charge on any atom is 0.253 e. The summed E-state index contributed by atoms with van der Waals surface area (Å²) in [5.41, 5.74) is 3.71. The molecule has 0 spiro atoms. The van der Waals surface area contributed by atoms with E-state index in [0.29, 0.717) is 29.9 Å². The summed E-state index contributed by atoms with van der Waals surface area (Å²) in [5, 5.41) is 2.87. The van der Waals surface area contributed by atoms with E-state index in [2.05, 4.69) is 62.9 Å². The molecule has 9 heteroatoms. The number of likely N-dealkylation sites (tertiary alicyclic amines) is 2. The van der Waals surface area contributed by atoms with E-state index in [0.717, 1.165) is 32.5 Å². The summed E-state index contributed by atoms with van der Waals surface area (Å²) in [5.74, 6) is -0.00510. The Kier molecular flexibility index (Phi) is 8.29. The Labute approximate surface area is 226 Å². The molecule has 1 N–H and O–H groups in total. The van der Waals surface area contributed by atoms with Gasteiger partial charge in [-0.05, 0) is 85.0 Å². The predicted molar refractivity (Wildman–Crippen MR) is 148 cm³/mol. The van der Waals surface area contributed by atoms with Crippen LogP contribution in [0.15, 0.2) is 30.3 Å². The van der Waals surface area contributed by atoms with Crippen molar-refractivity contribution in [2.24, 2.45) is 0 Å². The van der Waals surface area contributed by atoms with Gasteiger partial charge in [0, 0.05) is 61.0 Å². The number of aromatic nitrogens is 1. The van der Waals surface area contributed by atoms with Crippen LogP contribution in [0.5, 0.6) is 0 Å². The fourth-order valence-electron chi connectivity index (χ4n) is 5.16. The van der Waals surface area contributed by atoms with E-state index >= 15 is 0 Å². The number of rotatable bonds is 6. The Hall–Kier alpha value is -2.53. The first-order chi connectivity index (χ1) is 17.1. The van der Waals surface area contributed by atoms with Gasteiger partial charge in [0.05, 0.1) is 0 Å². The van der Waals surface area contributed by atoms with Gasteiger partial charge >= 0.3 is 0 Å². The molecule has 192 valence electrons. The molecule has 3 amide bonds. The number of halogens is 1.